The topological polar surface area (TPSA) is 32.3 Å². The Kier molecular flexibility index (Phi) is 5.06. The Morgan fingerprint density at radius 1 is 1.00 bits per heavy atom. The number of hydrogen-bond donors (Lipinski definition) is 1. The summed E-state index contributed by atoms with van der Waals surface area (Å²) >= 11 is 0. The van der Waals surface area contributed by atoms with Gasteiger partial charge in [-0.3, -0.25) is 0 Å². The van der Waals surface area contributed by atoms with Crippen LogP contribution in [-0.2, 0) is 6.54 Å². The molecule has 0 spiro atoms. The van der Waals surface area contributed by atoms with Crippen LogP contribution in [0.15, 0.2) is 30.3 Å². The Morgan fingerprint density at radius 2 is 1.61 bits per heavy atom. The van der Waals surface area contributed by atoms with Gasteiger partial charge in [-0.1, -0.05) is 49.6 Å². The molecule has 18 heavy (non-hydrogen) atoms. The zero-order chi connectivity index (χ0) is 12.6. The lowest BCUT2D eigenvalue weighted by atomic mass is 10.1. The van der Waals surface area contributed by atoms with Crippen LogP contribution in [0.4, 0.5) is 4.79 Å². The lowest BCUT2D eigenvalue weighted by molar-refractivity contribution is 0.192. The Labute approximate surface area is 109 Å². The summed E-state index contributed by atoms with van der Waals surface area (Å²) in [6, 6.07) is 10.1. The smallest absolute Gasteiger partial charge is 0.317 e. The quantitative estimate of drug-likeness (QED) is 0.854. The van der Waals surface area contributed by atoms with Gasteiger partial charge in [0.2, 0.25) is 0 Å². The maximum absolute atomic E-state index is 12.1. The molecule has 2 rings (SSSR count). The van der Waals surface area contributed by atoms with Crippen LogP contribution in [0.3, 0.4) is 0 Å². The van der Waals surface area contributed by atoms with Crippen LogP contribution in [0.5, 0.6) is 0 Å². The molecule has 0 bridgehead atoms. The molecule has 1 aliphatic heterocycles. The van der Waals surface area contributed by atoms with E-state index in [1.807, 2.05) is 35.2 Å². The van der Waals surface area contributed by atoms with Crippen LogP contribution in [-0.4, -0.2) is 24.0 Å². The van der Waals surface area contributed by atoms with Crippen LogP contribution in [0, 0.1) is 0 Å². The van der Waals surface area contributed by atoms with Crippen LogP contribution >= 0.6 is 0 Å². The molecule has 0 saturated carbocycles. The van der Waals surface area contributed by atoms with Gasteiger partial charge in [-0.15, -0.1) is 0 Å². The second-order valence-electron chi connectivity index (χ2n) is 4.90. The number of carbonyl (C=O) groups excluding carboxylic acids is 1. The van der Waals surface area contributed by atoms with Crippen molar-refractivity contribution < 1.29 is 4.79 Å². The average molecular weight is 246 g/mol. The lowest BCUT2D eigenvalue weighted by Crippen LogP contribution is -2.41. The normalized spacial score (nSPS) is 16.8. The van der Waals surface area contributed by atoms with Gasteiger partial charge in [0.25, 0.3) is 0 Å². The van der Waals surface area contributed by atoms with E-state index in [0.717, 1.165) is 31.5 Å². The average Bonchev–Trinajstić information content (AvgIpc) is 2.37. The minimum absolute atomic E-state index is 0.0840. The van der Waals surface area contributed by atoms with Crippen molar-refractivity contribution in [3.05, 3.63) is 35.9 Å². The first-order valence-corrected chi connectivity index (χ1v) is 6.93. The van der Waals surface area contributed by atoms with E-state index in [-0.39, 0.29) is 6.03 Å². The molecule has 1 fully saturated rings. The molecule has 1 aromatic carbocycles. The summed E-state index contributed by atoms with van der Waals surface area (Å²) in [4.78, 5) is 14.0. The highest BCUT2D eigenvalue weighted by Crippen LogP contribution is 2.10. The first-order chi connectivity index (χ1) is 8.86. The molecule has 1 saturated heterocycles. The number of carbonyl (C=O) groups is 1. The second kappa shape index (κ2) is 7.04. The van der Waals surface area contributed by atoms with Crippen LogP contribution < -0.4 is 5.32 Å². The minimum Gasteiger partial charge on any atom is -0.334 e. The third kappa shape index (κ3) is 4.06. The van der Waals surface area contributed by atoms with Crippen molar-refractivity contribution in [2.45, 2.75) is 38.6 Å². The van der Waals surface area contributed by atoms with E-state index in [9.17, 15) is 4.79 Å². The summed E-state index contributed by atoms with van der Waals surface area (Å²) in [7, 11) is 0. The molecule has 1 aliphatic rings. The first-order valence-electron chi connectivity index (χ1n) is 6.93. The number of rotatable bonds is 2. The van der Waals surface area contributed by atoms with Crippen LogP contribution in [0.2, 0.25) is 0 Å². The Hall–Kier alpha value is -1.51. The molecule has 0 radical (unpaired) electrons. The molecule has 0 atom stereocenters. The third-order valence-electron chi connectivity index (χ3n) is 3.43. The summed E-state index contributed by atoms with van der Waals surface area (Å²) in [5.74, 6) is 0. The van der Waals surface area contributed by atoms with Crippen molar-refractivity contribution in [3.63, 3.8) is 0 Å². The number of benzene rings is 1. The maximum Gasteiger partial charge on any atom is 0.317 e. The van der Waals surface area contributed by atoms with Crippen LogP contribution in [0.1, 0.15) is 37.7 Å². The third-order valence-corrected chi connectivity index (χ3v) is 3.43. The summed E-state index contributed by atoms with van der Waals surface area (Å²) < 4.78 is 0. The van der Waals surface area contributed by atoms with Crippen LogP contribution in [0.25, 0.3) is 0 Å². The minimum atomic E-state index is 0.0840. The van der Waals surface area contributed by atoms with Gasteiger partial charge >= 0.3 is 6.03 Å². The highest BCUT2D eigenvalue weighted by molar-refractivity contribution is 5.74. The van der Waals surface area contributed by atoms with Gasteiger partial charge in [-0.25, -0.2) is 4.79 Å². The van der Waals surface area contributed by atoms with Gasteiger partial charge in [0.15, 0.2) is 0 Å². The highest BCUT2D eigenvalue weighted by Gasteiger charge is 2.13. The molecular weight excluding hydrogens is 224 g/mol. The van der Waals surface area contributed by atoms with Gasteiger partial charge in [-0.2, -0.15) is 0 Å². The van der Waals surface area contributed by atoms with Crippen molar-refractivity contribution in [2.75, 3.05) is 13.1 Å². The van der Waals surface area contributed by atoms with E-state index in [0.29, 0.717) is 6.54 Å². The van der Waals surface area contributed by atoms with Crippen molar-refractivity contribution in [2.24, 2.45) is 0 Å². The molecule has 98 valence electrons. The molecular formula is C15H22N2O. The SMILES string of the molecule is O=C(NCc1ccccc1)N1CCCCCCC1. The first kappa shape index (κ1) is 12.9. The fourth-order valence-electron chi connectivity index (χ4n) is 2.34. The van der Waals surface area contributed by atoms with E-state index >= 15 is 0 Å². The molecule has 3 heteroatoms. The van der Waals surface area contributed by atoms with Crippen molar-refractivity contribution in [1.29, 1.82) is 0 Å². The number of nitrogens with one attached hydrogen (secondary N) is 1. The molecule has 0 aliphatic carbocycles. The van der Waals surface area contributed by atoms with E-state index in [4.69, 9.17) is 0 Å². The van der Waals surface area contributed by atoms with Gasteiger partial charge in [0.1, 0.15) is 0 Å². The monoisotopic (exact) mass is 246 g/mol. The highest BCUT2D eigenvalue weighted by atomic mass is 16.2. The summed E-state index contributed by atoms with van der Waals surface area (Å²) in [5.41, 5.74) is 1.15. The Balaban J connectivity index is 1.79. The zero-order valence-corrected chi connectivity index (χ0v) is 10.9. The maximum atomic E-state index is 12.1. The number of amides is 2. The number of hydrogen-bond acceptors (Lipinski definition) is 1. The fourth-order valence-corrected chi connectivity index (χ4v) is 2.34. The molecule has 1 heterocycles. The van der Waals surface area contributed by atoms with E-state index in [2.05, 4.69) is 5.32 Å². The number of likely N-dealkylation sites (tertiary alicyclic amines) is 1. The van der Waals surface area contributed by atoms with E-state index < -0.39 is 0 Å². The predicted octanol–water partition coefficient (Wildman–Crippen LogP) is 3.16. The summed E-state index contributed by atoms with van der Waals surface area (Å²) in [6.45, 7) is 2.43. The number of urea groups is 1. The molecule has 1 N–H and O–H groups in total. The Bertz CT molecular complexity index is 356. The van der Waals surface area contributed by atoms with Crippen molar-refractivity contribution in [3.8, 4) is 0 Å². The lowest BCUT2D eigenvalue weighted by Gasteiger charge is -2.25. The van der Waals surface area contributed by atoms with E-state index in [1.54, 1.807) is 0 Å². The van der Waals surface area contributed by atoms with Gasteiger partial charge in [-0.05, 0) is 18.4 Å². The predicted molar refractivity (Wildman–Crippen MR) is 73.3 cm³/mol. The molecule has 0 unspecified atom stereocenters. The standard InChI is InChI=1S/C15H22N2O/c18-15(16-13-14-9-5-4-6-10-14)17-11-7-2-1-3-8-12-17/h4-6,9-10H,1-3,7-8,11-13H2,(H,16,18). The zero-order valence-electron chi connectivity index (χ0n) is 10.9. The van der Waals surface area contributed by atoms with Gasteiger partial charge in [0, 0.05) is 19.6 Å². The molecule has 3 nitrogen and oxygen atoms in total. The second-order valence-corrected chi connectivity index (χ2v) is 4.90. The molecule has 0 aromatic heterocycles. The number of nitrogens with zero attached hydrogens (tertiary/aromatic N) is 1. The summed E-state index contributed by atoms with van der Waals surface area (Å²) in [5, 5.41) is 3.00. The van der Waals surface area contributed by atoms with Gasteiger partial charge < -0.3 is 10.2 Å². The van der Waals surface area contributed by atoms with Crippen molar-refractivity contribution >= 4 is 6.03 Å². The van der Waals surface area contributed by atoms with Crippen molar-refractivity contribution in [1.82, 2.24) is 10.2 Å². The Morgan fingerprint density at radius 3 is 2.28 bits per heavy atom. The summed E-state index contributed by atoms with van der Waals surface area (Å²) in [6.07, 6.45) is 6.10. The molecule has 2 amide bonds. The van der Waals surface area contributed by atoms with Gasteiger partial charge in [0.05, 0.1) is 0 Å². The molecule has 1 aromatic rings. The largest absolute Gasteiger partial charge is 0.334 e. The fraction of sp³-hybridized carbons (Fsp3) is 0.533. The van der Waals surface area contributed by atoms with E-state index in [1.165, 1.54) is 19.3 Å².